The zero-order valence-electron chi connectivity index (χ0n) is 16.5. The fraction of sp³-hybridized carbons (Fsp3) is 0.391. The molecule has 0 aromatic heterocycles. The third kappa shape index (κ3) is 5.42. The van der Waals surface area contributed by atoms with E-state index in [1.807, 2.05) is 23.1 Å². The monoisotopic (exact) mass is 379 g/mol. The molecule has 1 saturated heterocycles. The van der Waals surface area contributed by atoms with Crippen LogP contribution in [0.3, 0.4) is 0 Å². The van der Waals surface area contributed by atoms with Crippen molar-refractivity contribution in [2.75, 3.05) is 25.0 Å². The van der Waals surface area contributed by atoms with E-state index >= 15 is 0 Å². The number of carbonyl (C=O) groups excluding carboxylic acids is 2. The van der Waals surface area contributed by atoms with Crippen LogP contribution in [0.15, 0.2) is 54.6 Å². The van der Waals surface area contributed by atoms with E-state index in [1.165, 1.54) is 12.0 Å². The van der Waals surface area contributed by atoms with Gasteiger partial charge in [-0.25, -0.2) is 0 Å². The van der Waals surface area contributed by atoms with Crippen molar-refractivity contribution in [2.24, 2.45) is 0 Å². The van der Waals surface area contributed by atoms with E-state index in [2.05, 4.69) is 29.7 Å². The summed E-state index contributed by atoms with van der Waals surface area (Å²) in [5.41, 5.74) is 2.56. The second-order valence-corrected chi connectivity index (χ2v) is 7.23. The number of likely N-dealkylation sites (tertiary alicyclic amines) is 1. The predicted octanol–water partition coefficient (Wildman–Crippen LogP) is 3.99. The molecular weight excluding hydrogens is 350 g/mol. The van der Waals surface area contributed by atoms with E-state index in [0.717, 1.165) is 32.4 Å². The van der Waals surface area contributed by atoms with Gasteiger partial charge in [-0.2, -0.15) is 0 Å². The number of carbonyl (C=O) groups is 2. The number of rotatable bonds is 7. The van der Waals surface area contributed by atoms with Gasteiger partial charge in [0.2, 0.25) is 5.91 Å². The van der Waals surface area contributed by atoms with Crippen LogP contribution in [-0.4, -0.2) is 36.3 Å². The summed E-state index contributed by atoms with van der Waals surface area (Å²) in [6.07, 6.45) is 4.26. The molecule has 0 saturated carbocycles. The highest BCUT2D eigenvalue weighted by atomic mass is 16.2. The van der Waals surface area contributed by atoms with Crippen molar-refractivity contribution in [3.05, 3.63) is 65.7 Å². The van der Waals surface area contributed by atoms with Crippen molar-refractivity contribution >= 4 is 17.5 Å². The van der Waals surface area contributed by atoms with Crippen LogP contribution in [0, 0.1) is 0 Å². The van der Waals surface area contributed by atoms with E-state index in [-0.39, 0.29) is 24.4 Å². The molecule has 1 aliphatic rings. The SMILES string of the molecule is CCC(NCC(=O)Nc1ccc(C(=O)N2CCCCC2)cc1)c1ccccc1. The Labute approximate surface area is 167 Å². The van der Waals surface area contributed by atoms with Gasteiger partial charge in [0.25, 0.3) is 5.91 Å². The van der Waals surface area contributed by atoms with Crippen LogP contribution in [0.2, 0.25) is 0 Å². The lowest BCUT2D eigenvalue weighted by molar-refractivity contribution is -0.115. The van der Waals surface area contributed by atoms with Gasteiger partial charge in [0.1, 0.15) is 0 Å². The minimum absolute atomic E-state index is 0.0768. The summed E-state index contributed by atoms with van der Waals surface area (Å²) in [6, 6.07) is 17.5. The number of hydrogen-bond donors (Lipinski definition) is 2. The second kappa shape index (κ2) is 10.0. The van der Waals surface area contributed by atoms with Gasteiger partial charge in [-0.1, -0.05) is 37.3 Å². The van der Waals surface area contributed by atoms with Gasteiger partial charge in [-0.3, -0.25) is 9.59 Å². The number of nitrogens with zero attached hydrogens (tertiary/aromatic N) is 1. The van der Waals surface area contributed by atoms with Crippen LogP contribution in [0.5, 0.6) is 0 Å². The number of amides is 2. The topological polar surface area (TPSA) is 61.4 Å². The molecule has 0 aliphatic carbocycles. The standard InChI is InChI=1S/C23H29N3O2/c1-2-21(18-9-5-3-6-10-18)24-17-22(27)25-20-13-11-19(12-14-20)23(28)26-15-7-4-8-16-26/h3,5-6,9-14,21,24H,2,4,7-8,15-17H2,1H3,(H,25,27). The highest BCUT2D eigenvalue weighted by Crippen LogP contribution is 2.17. The Morgan fingerprint density at radius 3 is 2.29 bits per heavy atom. The van der Waals surface area contributed by atoms with Gasteiger partial charge in [-0.05, 0) is 55.5 Å². The highest BCUT2D eigenvalue weighted by Gasteiger charge is 2.18. The van der Waals surface area contributed by atoms with Crippen LogP contribution in [-0.2, 0) is 4.79 Å². The minimum atomic E-state index is -0.0931. The summed E-state index contributed by atoms with van der Waals surface area (Å²) < 4.78 is 0. The molecule has 2 aromatic rings. The van der Waals surface area contributed by atoms with Crippen LogP contribution in [0.25, 0.3) is 0 Å². The van der Waals surface area contributed by atoms with Gasteiger partial charge >= 0.3 is 0 Å². The molecule has 5 nitrogen and oxygen atoms in total. The molecule has 1 atom stereocenters. The van der Waals surface area contributed by atoms with E-state index in [4.69, 9.17) is 0 Å². The van der Waals surface area contributed by atoms with Gasteiger partial charge in [0, 0.05) is 30.4 Å². The zero-order chi connectivity index (χ0) is 19.8. The van der Waals surface area contributed by atoms with E-state index in [0.29, 0.717) is 11.3 Å². The first-order valence-electron chi connectivity index (χ1n) is 10.1. The lowest BCUT2D eigenvalue weighted by Gasteiger charge is -2.26. The number of piperidine rings is 1. The summed E-state index contributed by atoms with van der Waals surface area (Å²) in [5.74, 6) is -0.0163. The van der Waals surface area contributed by atoms with E-state index in [9.17, 15) is 9.59 Å². The maximum absolute atomic E-state index is 12.5. The Morgan fingerprint density at radius 2 is 1.64 bits per heavy atom. The molecule has 1 heterocycles. The Morgan fingerprint density at radius 1 is 0.964 bits per heavy atom. The first-order valence-corrected chi connectivity index (χ1v) is 10.1. The largest absolute Gasteiger partial charge is 0.339 e. The summed E-state index contributed by atoms with van der Waals surface area (Å²) in [5, 5.41) is 6.20. The first-order chi connectivity index (χ1) is 13.7. The third-order valence-corrected chi connectivity index (χ3v) is 5.18. The van der Waals surface area contributed by atoms with Crippen molar-refractivity contribution in [3.8, 4) is 0 Å². The van der Waals surface area contributed by atoms with Gasteiger partial charge in [0.05, 0.1) is 6.54 Å². The average molecular weight is 380 g/mol. The molecule has 0 radical (unpaired) electrons. The summed E-state index contributed by atoms with van der Waals surface area (Å²) >= 11 is 0. The van der Waals surface area contributed by atoms with Crippen LogP contribution in [0.4, 0.5) is 5.69 Å². The predicted molar refractivity (Wildman–Crippen MR) is 112 cm³/mol. The first kappa shape index (κ1) is 20.1. The van der Waals surface area contributed by atoms with Crippen molar-refractivity contribution in [1.29, 1.82) is 0 Å². The Kier molecular flexibility index (Phi) is 7.20. The number of nitrogens with one attached hydrogen (secondary N) is 2. The number of anilines is 1. The molecule has 2 N–H and O–H groups in total. The lowest BCUT2D eigenvalue weighted by atomic mass is 10.0. The molecule has 28 heavy (non-hydrogen) atoms. The quantitative estimate of drug-likeness (QED) is 0.765. The second-order valence-electron chi connectivity index (χ2n) is 7.23. The van der Waals surface area contributed by atoms with Crippen molar-refractivity contribution in [2.45, 2.75) is 38.6 Å². The fourth-order valence-electron chi connectivity index (χ4n) is 3.58. The van der Waals surface area contributed by atoms with Gasteiger partial charge in [0.15, 0.2) is 0 Å². The average Bonchev–Trinajstić information content (AvgIpc) is 2.75. The van der Waals surface area contributed by atoms with Crippen molar-refractivity contribution in [1.82, 2.24) is 10.2 Å². The highest BCUT2D eigenvalue weighted by molar-refractivity contribution is 5.96. The molecule has 0 bridgehead atoms. The molecular formula is C23H29N3O2. The fourth-order valence-corrected chi connectivity index (χ4v) is 3.58. The van der Waals surface area contributed by atoms with Gasteiger partial charge < -0.3 is 15.5 Å². The normalized spacial score (nSPS) is 15.1. The molecule has 3 rings (SSSR count). The number of hydrogen-bond acceptors (Lipinski definition) is 3. The van der Waals surface area contributed by atoms with E-state index in [1.54, 1.807) is 24.3 Å². The molecule has 2 amide bonds. The van der Waals surface area contributed by atoms with Crippen molar-refractivity contribution in [3.63, 3.8) is 0 Å². The molecule has 1 aliphatic heterocycles. The summed E-state index contributed by atoms with van der Waals surface area (Å²) in [7, 11) is 0. The molecule has 1 unspecified atom stereocenters. The number of benzene rings is 2. The Bertz CT molecular complexity index is 768. The Hall–Kier alpha value is -2.66. The molecule has 0 spiro atoms. The zero-order valence-corrected chi connectivity index (χ0v) is 16.5. The van der Waals surface area contributed by atoms with Crippen LogP contribution in [0.1, 0.15) is 54.6 Å². The lowest BCUT2D eigenvalue weighted by Crippen LogP contribution is -2.35. The maximum Gasteiger partial charge on any atom is 0.253 e. The Balaban J connectivity index is 1.50. The molecule has 5 heteroatoms. The van der Waals surface area contributed by atoms with E-state index < -0.39 is 0 Å². The summed E-state index contributed by atoms with van der Waals surface area (Å²) in [6.45, 7) is 4.01. The third-order valence-electron chi connectivity index (χ3n) is 5.18. The van der Waals surface area contributed by atoms with Crippen LogP contribution >= 0.6 is 0 Å². The molecule has 2 aromatic carbocycles. The smallest absolute Gasteiger partial charge is 0.253 e. The summed E-state index contributed by atoms with van der Waals surface area (Å²) in [4.78, 5) is 26.7. The van der Waals surface area contributed by atoms with Crippen molar-refractivity contribution < 1.29 is 9.59 Å². The van der Waals surface area contributed by atoms with Crippen LogP contribution < -0.4 is 10.6 Å². The van der Waals surface area contributed by atoms with Gasteiger partial charge in [-0.15, -0.1) is 0 Å². The minimum Gasteiger partial charge on any atom is -0.339 e. The maximum atomic E-state index is 12.5. The molecule has 148 valence electrons. The molecule has 1 fully saturated rings.